The van der Waals surface area contributed by atoms with Crippen molar-refractivity contribution in [2.75, 3.05) is 0 Å². The molecule has 0 heterocycles. The van der Waals surface area contributed by atoms with Crippen LogP contribution < -0.4 is 0 Å². The molecule has 2 rings (SSSR count). The van der Waals surface area contributed by atoms with Crippen LogP contribution in [0.2, 0.25) is 0 Å². The number of sulfonamides is 1. The highest BCUT2D eigenvalue weighted by molar-refractivity contribution is 8.00. The Balaban J connectivity index is 2.56. The van der Waals surface area contributed by atoms with Gasteiger partial charge in [-0.15, -0.1) is 4.31 Å². The van der Waals surface area contributed by atoms with E-state index in [0.717, 1.165) is 48.5 Å². The third-order valence-electron chi connectivity index (χ3n) is 3.80. The van der Waals surface area contributed by atoms with Gasteiger partial charge in [-0.1, -0.05) is 48.5 Å². The summed E-state index contributed by atoms with van der Waals surface area (Å²) in [6.45, 7) is -1.93. The van der Waals surface area contributed by atoms with Crippen LogP contribution in [0.15, 0.2) is 65.6 Å². The van der Waals surface area contributed by atoms with Gasteiger partial charge in [0.1, 0.15) is 0 Å². The van der Waals surface area contributed by atoms with E-state index in [4.69, 9.17) is 0 Å². The molecule has 0 spiro atoms. The van der Waals surface area contributed by atoms with Crippen molar-refractivity contribution < 1.29 is 47.9 Å². The van der Waals surface area contributed by atoms with Crippen molar-refractivity contribution in [3.8, 4) is 0 Å². The predicted molar refractivity (Wildman–Crippen MR) is 94.1 cm³/mol. The molecule has 0 amide bonds. The summed E-state index contributed by atoms with van der Waals surface area (Å²) in [5.74, 6) is -6.53. The first kappa shape index (κ1) is 25.3. The average molecular weight is 497 g/mol. The van der Waals surface area contributed by atoms with E-state index in [1.807, 2.05) is 0 Å². The van der Waals surface area contributed by atoms with E-state index in [9.17, 15) is 47.9 Å². The molecule has 0 bridgehead atoms. The molecule has 0 N–H and O–H groups in total. The largest absolute Gasteiger partial charge is 0.511 e. The van der Waals surface area contributed by atoms with E-state index in [0.29, 0.717) is 0 Å². The molecular formula is C17H12F9NO2S2. The highest BCUT2D eigenvalue weighted by Crippen LogP contribution is 2.55. The minimum atomic E-state index is -7.15. The zero-order valence-corrected chi connectivity index (χ0v) is 16.6. The van der Waals surface area contributed by atoms with Crippen molar-refractivity contribution in [3.63, 3.8) is 0 Å². The fourth-order valence-electron chi connectivity index (χ4n) is 2.24. The van der Waals surface area contributed by atoms with Crippen LogP contribution >= 0.6 is 11.8 Å². The van der Waals surface area contributed by atoms with E-state index in [2.05, 4.69) is 0 Å². The molecule has 2 aromatic carbocycles. The summed E-state index contributed by atoms with van der Waals surface area (Å²) >= 11 is -1.04. The lowest BCUT2D eigenvalue weighted by molar-refractivity contribution is -0.316. The second kappa shape index (κ2) is 8.54. The van der Waals surface area contributed by atoms with Crippen molar-refractivity contribution in [2.45, 2.75) is 34.2 Å². The Labute approximate surface area is 174 Å². The van der Waals surface area contributed by atoms with E-state index in [-0.39, 0.29) is 0 Å². The van der Waals surface area contributed by atoms with Gasteiger partial charge in [0.2, 0.25) is 0 Å². The van der Waals surface area contributed by atoms with Crippen molar-refractivity contribution in [1.29, 1.82) is 0 Å². The van der Waals surface area contributed by atoms with Crippen molar-refractivity contribution in [2.24, 2.45) is 0 Å². The van der Waals surface area contributed by atoms with Crippen LogP contribution in [0.1, 0.15) is 5.56 Å². The Morgan fingerprint density at radius 2 is 1.19 bits per heavy atom. The average Bonchev–Trinajstić information content (AvgIpc) is 2.66. The summed E-state index contributed by atoms with van der Waals surface area (Å²) in [5.41, 5.74) is -7.02. The van der Waals surface area contributed by atoms with Gasteiger partial charge in [-0.25, -0.2) is 8.42 Å². The molecule has 0 aliphatic carbocycles. The molecular weight excluding hydrogens is 485 g/mol. The molecule has 31 heavy (non-hydrogen) atoms. The van der Waals surface area contributed by atoms with Crippen LogP contribution in [-0.4, -0.2) is 35.5 Å². The Kier molecular flexibility index (Phi) is 6.98. The van der Waals surface area contributed by atoms with Gasteiger partial charge in [-0.3, -0.25) is 0 Å². The number of halogens is 9. The molecule has 3 nitrogen and oxygen atoms in total. The summed E-state index contributed by atoms with van der Waals surface area (Å²) < 4.78 is 146. The lowest BCUT2D eigenvalue weighted by Gasteiger charge is -2.38. The van der Waals surface area contributed by atoms with Gasteiger partial charge in [0.15, 0.2) is 0 Å². The molecule has 0 unspecified atom stereocenters. The number of alkyl halides is 9. The standard InChI is InChI=1S/C17H12F9NO2S2/c18-14(19,16(22,23)30-13-9-5-2-6-10-13)15(20,21)27(31(28,29)17(24,25)26)11-12-7-3-1-4-8-12/h1-10H,11H2. The van der Waals surface area contributed by atoms with Crippen LogP contribution in [0.25, 0.3) is 0 Å². The van der Waals surface area contributed by atoms with E-state index >= 15 is 0 Å². The van der Waals surface area contributed by atoms with E-state index in [1.165, 1.54) is 12.1 Å². The van der Waals surface area contributed by atoms with Crippen LogP contribution in [-0.2, 0) is 16.6 Å². The number of rotatable bonds is 8. The summed E-state index contributed by atoms with van der Waals surface area (Å²) in [6, 6.07) is 4.08. The first-order valence-corrected chi connectivity index (χ1v) is 10.3. The topological polar surface area (TPSA) is 37.4 Å². The van der Waals surface area contributed by atoms with Gasteiger partial charge >= 0.3 is 32.8 Å². The maximum Gasteiger partial charge on any atom is 0.511 e. The molecule has 0 saturated heterocycles. The maximum absolute atomic E-state index is 14.6. The van der Waals surface area contributed by atoms with Crippen LogP contribution in [0.4, 0.5) is 39.5 Å². The van der Waals surface area contributed by atoms with E-state index < -0.39 is 65.8 Å². The summed E-state index contributed by atoms with van der Waals surface area (Å²) in [6.07, 6.45) is 0. The zero-order valence-electron chi connectivity index (χ0n) is 15.0. The lowest BCUT2D eigenvalue weighted by Crippen LogP contribution is -2.63. The zero-order chi connectivity index (χ0) is 23.7. The fraction of sp³-hybridized carbons (Fsp3) is 0.294. The molecule has 14 heteroatoms. The first-order valence-electron chi connectivity index (χ1n) is 8.04. The Morgan fingerprint density at radius 1 is 0.742 bits per heavy atom. The first-order chi connectivity index (χ1) is 14.0. The third kappa shape index (κ3) is 4.95. The minimum Gasteiger partial charge on any atom is -0.202 e. The van der Waals surface area contributed by atoms with Gasteiger partial charge in [0, 0.05) is 11.4 Å². The van der Waals surface area contributed by atoms with Crippen molar-refractivity contribution in [3.05, 3.63) is 66.2 Å². The maximum atomic E-state index is 14.6. The van der Waals surface area contributed by atoms with Gasteiger partial charge in [-0.05, 0) is 29.5 Å². The van der Waals surface area contributed by atoms with Gasteiger partial charge in [0.05, 0.1) is 0 Å². The Bertz CT molecular complexity index is 982. The fourth-order valence-corrected chi connectivity index (χ4v) is 4.07. The summed E-state index contributed by atoms with van der Waals surface area (Å²) in [7, 11) is -7.15. The highest BCUT2D eigenvalue weighted by Gasteiger charge is 2.77. The van der Waals surface area contributed by atoms with Gasteiger partial charge in [0.25, 0.3) is 0 Å². The second-order valence-corrected chi connectivity index (χ2v) is 9.03. The SMILES string of the molecule is O=S(=O)(N(Cc1ccccc1)C(F)(F)C(F)(F)C(F)(F)Sc1ccccc1)C(F)(F)F. The van der Waals surface area contributed by atoms with Crippen molar-refractivity contribution >= 4 is 21.8 Å². The number of hydrogen-bond acceptors (Lipinski definition) is 3. The lowest BCUT2D eigenvalue weighted by atomic mass is 10.2. The number of hydrogen-bond donors (Lipinski definition) is 0. The number of benzene rings is 2. The molecule has 2 aromatic rings. The number of thioether (sulfide) groups is 1. The van der Waals surface area contributed by atoms with Crippen molar-refractivity contribution in [1.82, 2.24) is 4.31 Å². The van der Waals surface area contributed by atoms with Gasteiger partial charge < -0.3 is 0 Å². The molecule has 0 aromatic heterocycles. The monoisotopic (exact) mass is 497 g/mol. The molecule has 0 fully saturated rings. The number of nitrogens with zero attached hydrogens (tertiary/aromatic N) is 1. The van der Waals surface area contributed by atoms with Crippen LogP contribution in [0, 0.1) is 0 Å². The second-order valence-electron chi connectivity index (χ2n) is 5.99. The quantitative estimate of drug-likeness (QED) is 0.257. The third-order valence-corrected chi connectivity index (χ3v) is 6.34. The Hall–Kier alpha value is -1.93. The minimum absolute atomic E-state index is 0.565. The molecule has 0 radical (unpaired) electrons. The normalized spacial score (nSPS) is 14.1. The molecule has 0 aliphatic rings. The van der Waals surface area contributed by atoms with Crippen LogP contribution in [0.3, 0.4) is 0 Å². The van der Waals surface area contributed by atoms with E-state index in [1.54, 1.807) is 0 Å². The smallest absolute Gasteiger partial charge is 0.202 e. The summed E-state index contributed by atoms with van der Waals surface area (Å²) in [5, 5.41) is -5.69. The molecule has 0 atom stereocenters. The predicted octanol–water partition coefficient (Wildman–Crippen LogP) is 5.95. The molecule has 172 valence electrons. The molecule has 0 aliphatic heterocycles. The van der Waals surface area contributed by atoms with Crippen LogP contribution in [0.5, 0.6) is 0 Å². The summed E-state index contributed by atoms with van der Waals surface area (Å²) in [4.78, 5) is -0.601. The molecule has 0 saturated carbocycles. The van der Waals surface area contributed by atoms with Gasteiger partial charge in [-0.2, -0.15) is 39.5 Å². The Morgan fingerprint density at radius 3 is 1.65 bits per heavy atom. The highest BCUT2D eigenvalue weighted by atomic mass is 32.2.